The second-order valence-corrected chi connectivity index (χ2v) is 5.94. The van der Waals surface area contributed by atoms with Crippen LogP contribution in [0, 0.1) is 6.92 Å². The minimum Gasteiger partial charge on any atom is -0.291 e. The first kappa shape index (κ1) is 9.57. The highest BCUT2D eigenvalue weighted by Gasteiger charge is 2.14. The largest absolute Gasteiger partial charge is 0.291 e. The van der Waals surface area contributed by atoms with Crippen LogP contribution in [0.3, 0.4) is 0 Å². The second kappa shape index (κ2) is 3.01. The van der Waals surface area contributed by atoms with E-state index in [9.17, 15) is 4.21 Å². The summed E-state index contributed by atoms with van der Waals surface area (Å²) in [7, 11) is -2.88. The zero-order valence-corrected chi connectivity index (χ0v) is 9.14. The van der Waals surface area contributed by atoms with Crippen LogP contribution >= 0.6 is 0 Å². The van der Waals surface area contributed by atoms with E-state index in [4.69, 9.17) is 16.3 Å². The molecule has 2 rings (SSSR count). The third-order valence-electron chi connectivity index (χ3n) is 1.92. The van der Waals surface area contributed by atoms with Gasteiger partial charge in [0.1, 0.15) is 14.3 Å². The molecule has 0 bridgehead atoms. The van der Waals surface area contributed by atoms with Gasteiger partial charge in [-0.05, 0) is 19.1 Å². The molecule has 1 atom stereocenters. The maximum Gasteiger partial charge on any atom is 0.150 e. The molecule has 0 amide bonds. The van der Waals surface area contributed by atoms with Gasteiger partial charge in [-0.2, -0.15) is 0 Å². The highest BCUT2D eigenvalue weighted by atomic mass is 32.8. The molecule has 74 valence electrons. The summed E-state index contributed by atoms with van der Waals surface area (Å²) in [5.74, 6) is 0. The molecule has 0 aliphatic heterocycles. The number of fused-ring (bicyclic) bond motifs is 1. The Hall–Kier alpha value is -0.980. The van der Waals surface area contributed by atoms with Crippen LogP contribution in [0.5, 0.6) is 0 Å². The molecule has 0 aliphatic rings. The van der Waals surface area contributed by atoms with Gasteiger partial charge in [0.15, 0.2) is 5.03 Å². The minimum atomic E-state index is -2.88. The fourth-order valence-electron chi connectivity index (χ4n) is 1.43. The van der Waals surface area contributed by atoms with E-state index in [0.717, 1.165) is 0 Å². The molecule has 2 aromatic rings. The lowest BCUT2D eigenvalue weighted by Gasteiger charge is -2.01. The number of imidazole rings is 1. The van der Waals surface area contributed by atoms with Gasteiger partial charge in [-0.25, -0.2) is 14.3 Å². The van der Waals surface area contributed by atoms with E-state index in [-0.39, 0.29) is 0 Å². The first-order chi connectivity index (χ1) is 6.50. The molecule has 2 aromatic heterocycles. The molecular formula is C8H9N3OS2. The van der Waals surface area contributed by atoms with E-state index in [1.165, 1.54) is 0 Å². The first-order valence-electron chi connectivity index (χ1n) is 3.96. The van der Waals surface area contributed by atoms with E-state index < -0.39 is 8.68 Å². The highest BCUT2D eigenvalue weighted by molar-refractivity contribution is 8.31. The summed E-state index contributed by atoms with van der Waals surface area (Å²) in [6.45, 7) is 1.75. The molecule has 2 heterocycles. The van der Waals surface area contributed by atoms with Gasteiger partial charge in [0.25, 0.3) is 0 Å². The van der Waals surface area contributed by atoms with Crippen molar-refractivity contribution in [3.8, 4) is 0 Å². The van der Waals surface area contributed by atoms with Crippen LogP contribution in [-0.4, -0.2) is 13.6 Å². The minimum absolute atomic E-state index is 0.420. The lowest BCUT2D eigenvalue weighted by Crippen LogP contribution is -2.14. The molecule has 0 saturated heterocycles. The molecule has 0 spiro atoms. The van der Waals surface area contributed by atoms with Crippen molar-refractivity contribution in [2.75, 3.05) is 0 Å². The molecule has 0 aliphatic carbocycles. The molecule has 0 aromatic carbocycles. The zero-order chi connectivity index (χ0) is 10.3. The Kier molecular flexibility index (Phi) is 2.06. The number of hydrogen-bond acceptors (Lipinski definition) is 3. The topological polar surface area (TPSA) is 60.4 Å². The predicted octanol–water partition coefficient (Wildman–Crippen LogP) is 0.622. The van der Waals surface area contributed by atoms with Crippen molar-refractivity contribution >= 4 is 25.5 Å². The Morgan fingerprint density at radius 2 is 2.29 bits per heavy atom. The molecule has 4 nitrogen and oxygen atoms in total. The number of nitrogens with zero attached hydrogens (tertiary/aromatic N) is 2. The Balaban J connectivity index is 2.95. The van der Waals surface area contributed by atoms with Crippen molar-refractivity contribution in [1.29, 1.82) is 0 Å². The standard InChI is InChI=1S/C8H9N3OS2/c1-6-8(14(9,12)13)11-5-3-2-4-7(11)10-6/h2-5H,1H3,(H2,9,12,13). The average Bonchev–Trinajstić information content (AvgIpc) is 2.38. The lowest BCUT2D eigenvalue weighted by atomic mass is 10.5. The first-order valence-corrected chi connectivity index (χ1v) is 6.51. The Bertz CT molecular complexity index is 586. The van der Waals surface area contributed by atoms with E-state index in [0.29, 0.717) is 16.4 Å². The van der Waals surface area contributed by atoms with Crippen LogP contribution in [-0.2, 0) is 19.9 Å². The van der Waals surface area contributed by atoms with Crippen molar-refractivity contribution < 1.29 is 4.21 Å². The highest BCUT2D eigenvalue weighted by Crippen LogP contribution is 2.15. The molecule has 6 heteroatoms. The summed E-state index contributed by atoms with van der Waals surface area (Å²) in [6.07, 6.45) is 1.75. The van der Waals surface area contributed by atoms with Crippen LogP contribution in [0.1, 0.15) is 5.69 Å². The summed E-state index contributed by atoms with van der Waals surface area (Å²) in [5.41, 5.74) is 1.33. The molecular weight excluding hydrogens is 218 g/mol. The number of pyridine rings is 1. The van der Waals surface area contributed by atoms with Crippen molar-refractivity contribution in [1.82, 2.24) is 9.38 Å². The van der Waals surface area contributed by atoms with Gasteiger partial charge < -0.3 is 0 Å². The van der Waals surface area contributed by atoms with Gasteiger partial charge in [0.2, 0.25) is 0 Å². The molecule has 2 N–H and O–H groups in total. The fraction of sp³-hybridized carbons (Fsp3) is 0.125. The van der Waals surface area contributed by atoms with Crippen molar-refractivity contribution in [2.24, 2.45) is 5.14 Å². The number of hydrogen-bond donors (Lipinski definition) is 1. The fourth-order valence-corrected chi connectivity index (χ4v) is 2.92. The predicted molar refractivity (Wildman–Crippen MR) is 57.9 cm³/mol. The Morgan fingerprint density at radius 3 is 2.93 bits per heavy atom. The quantitative estimate of drug-likeness (QED) is 0.777. The van der Waals surface area contributed by atoms with Crippen molar-refractivity contribution in [2.45, 2.75) is 11.9 Å². The van der Waals surface area contributed by atoms with Gasteiger partial charge in [-0.1, -0.05) is 6.07 Å². The normalized spacial score (nSPS) is 15.6. The van der Waals surface area contributed by atoms with Gasteiger partial charge in [0, 0.05) is 17.4 Å². The van der Waals surface area contributed by atoms with E-state index >= 15 is 0 Å². The maximum absolute atomic E-state index is 11.6. The van der Waals surface area contributed by atoms with E-state index in [2.05, 4.69) is 4.98 Å². The molecule has 1 unspecified atom stereocenters. The molecule has 0 saturated carbocycles. The summed E-state index contributed by atoms with van der Waals surface area (Å²) >= 11 is 4.76. The third kappa shape index (κ3) is 1.41. The van der Waals surface area contributed by atoms with Crippen LogP contribution in [0.4, 0.5) is 0 Å². The Morgan fingerprint density at radius 1 is 1.57 bits per heavy atom. The summed E-state index contributed by atoms with van der Waals surface area (Å²) in [5, 5.41) is 5.87. The van der Waals surface area contributed by atoms with Gasteiger partial charge >= 0.3 is 0 Å². The smallest absolute Gasteiger partial charge is 0.150 e. The van der Waals surface area contributed by atoms with Crippen LogP contribution < -0.4 is 5.14 Å². The van der Waals surface area contributed by atoms with E-state index in [1.54, 1.807) is 17.5 Å². The third-order valence-corrected chi connectivity index (χ3v) is 3.42. The summed E-state index contributed by atoms with van der Waals surface area (Å²) in [6, 6.07) is 5.49. The van der Waals surface area contributed by atoms with Crippen LogP contribution in [0.2, 0.25) is 0 Å². The van der Waals surface area contributed by atoms with Gasteiger partial charge in [-0.15, -0.1) is 0 Å². The van der Waals surface area contributed by atoms with Gasteiger partial charge in [-0.3, -0.25) is 4.40 Å². The SMILES string of the molecule is Cc1nc2ccccn2c1S(N)(=O)=S. The van der Waals surface area contributed by atoms with Gasteiger partial charge in [0.05, 0.1) is 5.69 Å². The van der Waals surface area contributed by atoms with Crippen molar-refractivity contribution in [3.05, 3.63) is 30.1 Å². The van der Waals surface area contributed by atoms with E-state index in [1.807, 2.05) is 18.2 Å². The molecule has 0 radical (unpaired) electrons. The van der Waals surface area contributed by atoms with Crippen LogP contribution in [0.25, 0.3) is 5.65 Å². The lowest BCUT2D eigenvalue weighted by molar-refractivity contribution is 0.678. The zero-order valence-electron chi connectivity index (χ0n) is 7.51. The molecule has 14 heavy (non-hydrogen) atoms. The monoisotopic (exact) mass is 227 g/mol. The number of aromatic nitrogens is 2. The molecule has 0 fully saturated rings. The number of aryl methyl sites for hydroxylation is 1. The van der Waals surface area contributed by atoms with Crippen LogP contribution in [0.15, 0.2) is 29.4 Å². The summed E-state index contributed by atoms with van der Waals surface area (Å²) < 4.78 is 13.3. The van der Waals surface area contributed by atoms with Crippen molar-refractivity contribution in [3.63, 3.8) is 0 Å². The second-order valence-electron chi connectivity index (χ2n) is 2.98. The summed E-state index contributed by atoms with van der Waals surface area (Å²) in [4.78, 5) is 4.22. The number of rotatable bonds is 1. The average molecular weight is 227 g/mol. The number of nitrogens with two attached hydrogens (primary N) is 1. The maximum atomic E-state index is 11.6. The Labute approximate surface area is 86.6 Å².